The molecule has 1 fully saturated rings. The molecule has 2 atom stereocenters. The Morgan fingerprint density at radius 2 is 1.84 bits per heavy atom. The van der Waals surface area contributed by atoms with Crippen LogP contribution in [0.25, 0.3) is 10.6 Å². The number of carbonyl (C=O) groups is 3. The van der Waals surface area contributed by atoms with Gasteiger partial charge in [0, 0.05) is 10.4 Å². The molecule has 2 unspecified atom stereocenters. The Kier molecular flexibility index (Phi) is 6.38. The molecule has 3 aromatic rings. The van der Waals surface area contributed by atoms with Gasteiger partial charge in [-0.05, 0) is 62.2 Å². The standard InChI is InChI=1S/C23H19FN2O4S2/c1-12(19-13(2)31-21(25-19)15-7-9-17(24)10-8-15)30-22(28)16-5-3-14(4-6-16)11-18-20(27)26-23(29)32-18/h3-10,12,18H,11H2,1-2H3,(H,26,27,29). The average molecular weight is 471 g/mol. The number of aryl methyl sites for hydroxylation is 1. The molecule has 164 valence electrons. The molecule has 9 heteroatoms. The van der Waals surface area contributed by atoms with Crippen molar-refractivity contribution in [3.63, 3.8) is 0 Å². The van der Waals surface area contributed by atoms with Crippen LogP contribution in [0.5, 0.6) is 0 Å². The fraction of sp³-hybridized carbons (Fsp3) is 0.217. The number of esters is 1. The van der Waals surface area contributed by atoms with Gasteiger partial charge in [-0.2, -0.15) is 0 Å². The van der Waals surface area contributed by atoms with E-state index in [9.17, 15) is 18.8 Å². The van der Waals surface area contributed by atoms with Crippen molar-refractivity contribution in [2.75, 3.05) is 0 Å². The van der Waals surface area contributed by atoms with E-state index in [0.29, 0.717) is 17.7 Å². The topological polar surface area (TPSA) is 85.4 Å². The van der Waals surface area contributed by atoms with Crippen LogP contribution >= 0.6 is 23.1 Å². The maximum atomic E-state index is 13.2. The number of carbonyl (C=O) groups excluding carboxylic acids is 3. The van der Waals surface area contributed by atoms with Crippen LogP contribution in [-0.4, -0.2) is 27.3 Å². The summed E-state index contributed by atoms with van der Waals surface area (Å²) < 4.78 is 18.8. The smallest absolute Gasteiger partial charge is 0.338 e. The third-order valence-corrected chi connectivity index (χ3v) is 6.99. The van der Waals surface area contributed by atoms with Gasteiger partial charge in [0.2, 0.25) is 5.91 Å². The highest BCUT2D eigenvalue weighted by atomic mass is 32.2. The molecule has 1 aliphatic rings. The summed E-state index contributed by atoms with van der Waals surface area (Å²) in [5, 5.41) is 2.20. The number of halogens is 1. The lowest BCUT2D eigenvalue weighted by atomic mass is 10.1. The second-order valence-corrected chi connectivity index (χ2v) is 9.68. The zero-order chi connectivity index (χ0) is 22.8. The highest BCUT2D eigenvalue weighted by molar-refractivity contribution is 8.15. The first-order valence-electron chi connectivity index (χ1n) is 9.85. The maximum Gasteiger partial charge on any atom is 0.338 e. The highest BCUT2D eigenvalue weighted by Crippen LogP contribution is 2.32. The molecule has 0 spiro atoms. The van der Waals surface area contributed by atoms with Crippen LogP contribution in [0.4, 0.5) is 9.18 Å². The van der Waals surface area contributed by atoms with E-state index < -0.39 is 17.3 Å². The van der Waals surface area contributed by atoms with Gasteiger partial charge in [-0.1, -0.05) is 23.9 Å². The first-order valence-corrected chi connectivity index (χ1v) is 11.5. The van der Waals surface area contributed by atoms with Crippen LogP contribution in [0.2, 0.25) is 0 Å². The second kappa shape index (κ2) is 9.22. The molecule has 1 aromatic heterocycles. The van der Waals surface area contributed by atoms with Gasteiger partial charge in [-0.15, -0.1) is 11.3 Å². The van der Waals surface area contributed by atoms with E-state index in [-0.39, 0.29) is 17.0 Å². The summed E-state index contributed by atoms with van der Waals surface area (Å²) in [6.07, 6.45) is -0.157. The van der Waals surface area contributed by atoms with Gasteiger partial charge in [0.15, 0.2) is 0 Å². The van der Waals surface area contributed by atoms with Crippen molar-refractivity contribution in [1.82, 2.24) is 10.3 Å². The predicted octanol–water partition coefficient (Wildman–Crippen LogP) is 5.07. The molecule has 2 aromatic carbocycles. The summed E-state index contributed by atoms with van der Waals surface area (Å²) in [5.74, 6) is -1.09. The summed E-state index contributed by atoms with van der Waals surface area (Å²) >= 11 is 2.43. The summed E-state index contributed by atoms with van der Waals surface area (Å²) in [4.78, 5) is 41.1. The quantitative estimate of drug-likeness (QED) is 0.507. The van der Waals surface area contributed by atoms with Crippen LogP contribution < -0.4 is 5.32 Å². The van der Waals surface area contributed by atoms with Crippen molar-refractivity contribution in [2.45, 2.75) is 31.6 Å². The number of hydrogen-bond acceptors (Lipinski definition) is 7. The molecule has 32 heavy (non-hydrogen) atoms. The molecule has 0 saturated carbocycles. The second-order valence-electron chi connectivity index (χ2n) is 7.30. The van der Waals surface area contributed by atoms with E-state index in [1.807, 2.05) is 6.92 Å². The zero-order valence-electron chi connectivity index (χ0n) is 17.3. The number of imide groups is 1. The number of nitrogens with one attached hydrogen (secondary N) is 1. The van der Waals surface area contributed by atoms with Crippen molar-refractivity contribution in [3.8, 4) is 10.6 Å². The van der Waals surface area contributed by atoms with Crippen molar-refractivity contribution in [1.29, 1.82) is 0 Å². The van der Waals surface area contributed by atoms with Gasteiger partial charge in [-0.25, -0.2) is 14.2 Å². The molecule has 2 amide bonds. The Morgan fingerprint density at radius 1 is 1.16 bits per heavy atom. The van der Waals surface area contributed by atoms with Crippen LogP contribution in [-0.2, 0) is 16.0 Å². The number of benzene rings is 2. The number of hydrogen-bond donors (Lipinski definition) is 1. The molecule has 1 N–H and O–H groups in total. The molecular formula is C23H19FN2O4S2. The SMILES string of the molecule is Cc1sc(-c2ccc(F)cc2)nc1C(C)OC(=O)c1ccc(CC2SC(=O)NC2=O)cc1. The van der Waals surface area contributed by atoms with E-state index >= 15 is 0 Å². The molecule has 1 aliphatic heterocycles. The summed E-state index contributed by atoms with van der Waals surface area (Å²) in [7, 11) is 0. The van der Waals surface area contributed by atoms with Gasteiger partial charge in [-0.3, -0.25) is 14.9 Å². The lowest BCUT2D eigenvalue weighted by Gasteiger charge is -2.12. The first kappa shape index (κ1) is 22.2. The molecule has 4 rings (SSSR count). The fourth-order valence-corrected chi connectivity index (χ4v) is 5.17. The third-order valence-electron chi connectivity index (χ3n) is 4.97. The predicted molar refractivity (Wildman–Crippen MR) is 121 cm³/mol. The van der Waals surface area contributed by atoms with E-state index in [4.69, 9.17) is 4.74 Å². The van der Waals surface area contributed by atoms with E-state index in [2.05, 4.69) is 10.3 Å². The van der Waals surface area contributed by atoms with E-state index in [1.165, 1.54) is 23.5 Å². The van der Waals surface area contributed by atoms with Crippen LogP contribution in [0, 0.1) is 12.7 Å². The monoisotopic (exact) mass is 470 g/mol. The normalized spacial score (nSPS) is 16.7. The van der Waals surface area contributed by atoms with Crippen molar-refractivity contribution < 1.29 is 23.5 Å². The van der Waals surface area contributed by atoms with Crippen molar-refractivity contribution >= 4 is 40.2 Å². The Morgan fingerprint density at radius 3 is 2.47 bits per heavy atom. The minimum atomic E-state index is -0.558. The molecule has 0 aliphatic carbocycles. The Labute approximate surface area is 192 Å². The Hall–Kier alpha value is -3.04. The highest BCUT2D eigenvalue weighted by Gasteiger charge is 2.31. The molecule has 0 bridgehead atoms. The lowest BCUT2D eigenvalue weighted by Crippen LogP contribution is -2.25. The number of amides is 2. The summed E-state index contributed by atoms with van der Waals surface area (Å²) in [6, 6.07) is 12.9. The van der Waals surface area contributed by atoms with Crippen LogP contribution in [0.1, 0.15) is 39.5 Å². The lowest BCUT2D eigenvalue weighted by molar-refractivity contribution is -0.118. The molecule has 6 nitrogen and oxygen atoms in total. The number of rotatable bonds is 6. The number of nitrogens with zero attached hydrogens (tertiary/aromatic N) is 1. The molecule has 2 heterocycles. The summed E-state index contributed by atoms with van der Waals surface area (Å²) in [6.45, 7) is 3.66. The van der Waals surface area contributed by atoms with Gasteiger partial charge < -0.3 is 4.74 Å². The van der Waals surface area contributed by atoms with Crippen LogP contribution in [0.15, 0.2) is 48.5 Å². The Balaban J connectivity index is 1.41. The first-order chi connectivity index (χ1) is 15.3. The number of ether oxygens (including phenoxy) is 1. The zero-order valence-corrected chi connectivity index (χ0v) is 18.9. The Bertz CT molecular complexity index is 1180. The number of aromatic nitrogens is 1. The van der Waals surface area contributed by atoms with Gasteiger partial charge in [0.1, 0.15) is 16.9 Å². The van der Waals surface area contributed by atoms with Crippen LogP contribution in [0.3, 0.4) is 0 Å². The summed E-state index contributed by atoms with van der Waals surface area (Å²) in [5.41, 5.74) is 2.69. The average Bonchev–Trinajstić information content (AvgIpc) is 3.30. The maximum absolute atomic E-state index is 13.2. The van der Waals surface area contributed by atoms with Gasteiger partial charge in [0.25, 0.3) is 5.24 Å². The molecular weight excluding hydrogens is 451 g/mol. The van der Waals surface area contributed by atoms with Crippen molar-refractivity contribution in [3.05, 3.63) is 76.0 Å². The molecule has 1 saturated heterocycles. The van der Waals surface area contributed by atoms with E-state index in [1.54, 1.807) is 43.3 Å². The van der Waals surface area contributed by atoms with Gasteiger partial charge >= 0.3 is 5.97 Å². The number of thioether (sulfide) groups is 1. The largest absolute Gasteiger partial charge is 0.453 e. The number of thiazole rings is 1. The van der Waals surface area contributed by atoms with Crippen molar-refractivity contribution in [2.24, 2.45) is 0 Å². The van der Waals surface area contributed by atoms with E-state index in [0.717, 1.165) is 32.8 Å². The third kappa shape index (κ3) is 4.89. The fourth-order valence-electron chi connectivity index (χ4n) is 3.30. The van der Waals surface area contributed by atoms with Gasteiger partial charge in [0.05, 0.1) is 16.5 Å². The minimum absolute atomic E-state index is 0.295. The minimum Gasteiger partial charge on any atom is -0.453 e. The molecule has 0 radical (unpaired) electrons.